The van der Waals surface area contributed by atoms with Gasteiger partial charge >= 0.3 is 0 Å². The lowest BCUT2D eigenvalue weighted by Gasteiger charge is -2.12. The highest BCUT2D eigenvalue weighted by Crippen LogP contribution is 2.22. The van der Waals surface area contributed by atoms with E-state index in [1.165, 1.54) is 11.1 Å². The molecule has 106 valence electrons. The Morgan fingerprint density at radius 3 is 2.65 bits per heavy atom. The van der Waals surface area contributed by atoms with E-state index in [0.29, 0.717) is 6.61 Å². The molecule has 2 rings (SSSR count). The first-order valence-corrected chi connectivity index (χ1v) is 6.73. The Labute approximate surface area is 120 Å². The Morgan fingerprint density at radius 1 is 1.10 bits per heavy atom. The van der Waals surface area contributed by atoms with Crippen LogP contribution in [-0.2, 0) is 13.2 Å². The third kappa shape index (κ3) is 3.75. The van der Waals surface area contributed by atoms with E-state index in [9.17, 15) is 0 Å². The van der Waals surface area contributed by atoms with E-state index in [-0.39, 0.29) is 0 Å². The second kappa shape index (κ2) is 6.96. The Balaban J connectivity index is 2.12. The van der Waals surface area contributed by atoms with Crippen LogP contribution in [0, 0.1) is 6.92 Å². The van der Waals surface area contributed by atoms with Crippen LogP contribution in [0.2, 0.25) is 0 Å². The van der Waals surface area contributed by atoms with Crippen molar-refractivity contribution in [3.8, 4) is 11.5 Å². The first kappa shape index (κ1) is 14.4. The highest BCUT2D eigenvalue weighted by Gasteiger charge is 2.05. The molecule has 0 atom stereocenters. The Hall–Kier alpha value is -2.00. The number of hydrogen-bond donors (Lipinski definition) is 1. The van der Waals surface area contributed by atoms with Gasteiger partial charge in [0.1, 0.15) is 18.1 Å². The van der Waals surface area contributed by atoms with E-state index in [0.717, 1.165) is 23.6 Å². The first-order valence-electron chi connectivity index (χ1n) is 6.73. The molecule has 3 heteroatoms. The molecule has 0 saturated carbocycles. The molecule has 2 aromatic rings. The molecule has 0 unspecified atom stereocenters. The molecule has 0 aliphatic heterocycles. The first-order chi connectivity index (χ1) is 9.72. The second-order valence-electron chi connectivity index (χ2n) is 4.78. The van der Waals surface area contributed by atoms with Gasteiger partial charge in [0.15, 0.2) is 0 Å². The molecule has 0 saturated heterocycles. The van der Waals surface area contributed by atoms with Crippen LogP contribution in [0.25, 0.3) is 0 Å². The number of benzene rings is 2. The average molecular weight is 271 g/mol. The second-order valence-corrected chi connectivity index (χ2v) is 4.78. The van der Waals surface area contributed by atoms with Gasteiger partial charge in [-0.15, -0.1) is 0 Å². The van der Waals surface area contributed by atoms with Gasteiger partial charge in [0.05, 0.1) is 7.11 Å². The lowest BCUT2D eigenvalue weighted by molar-refractivity contribution is 0.296. The number of ether oxygens (including phenoxy) is 2. The summed E-state index contributed by atoms with van der Waals surface area (Å²) in [6, 6.07) is 14.2. The quantitative estimate of drug-likeness (QED) is 0.874. The van der Waals surface area contributed by atoms with E-state index in [4.69, 9.17) is 9.47 Å². The summed E-state index contributed by atoms with van der Waals surface area (Å²) < 4.78 is 11.2. The van der Waals surface area contributed by atoms with E-state index in [1.54, 1.807) is 7.11 Å². The molecule has 2 aromatic carbocycles. The van der Waals surface area contributed by atoms with Crippen LogP contribution in [-0.4, -0.2) is 14.2 Å². The smallest absolute Gasteiger partial charge is 0.125 e. The summed E-state index contributed by atoms with van der Waals surface area (Å²) in [5.41, 5.74) is 3.47. The zero-order valence-corrected chi connectivity index (χ0v) is 12.3. The Bertz CT molecular complexity index is 567. The largest absolute Gasteiger partial charge is 0.496 e. The normalized spacial score (nSPS) is 10.3. The van der Waals surface area contributed by atoms with E-state index < -0.39 is 0 Å². The van der Waals surface area contributed by atoms with Crippen molar-refractivity contribution in [3.63, 3.8) is 0 Å². The minimum absolute atomic E-state index is 0.504. The molecule has 0 spiro atoms. The van der Waals surface area contributed by atoms with Gasteiger partial charge in [-0.05, 0) is 49.4 Å². The minimum atomic E-state index is 0.504. The fourth-order valence-corrected chi connectivity index (χ4v) is 2.13. The van der Waals surface area contributed by atoms with Crippen LogP contribution in [0.5, 0.6) is 11.5 Å². The molecule has 0 amide bonds. The van der Waals surface area contributed by atoms with Crippen molar-refractivity contribution >= 4 is 0 Å². The van der Waals surface area contributed by atoms with Gasteiger partial charge in [-0.25, -0.2) is 0 Å². The van der Waals surface area contributed by atoms with Crippen LogP contribution in [0.3, 0.4) is 0 Å². The topological polar surface area (TPSA) is 30.5 Å². The van der Waals surface area contributed by atoms with Gasteiger partial charge in [0.25, 0.3) is 0 Å². The highest BCUT2D eigenvalue weighted by atomic mass is 16.5. The predicted octanol–water partition coefficient (Wildman–Crippen LogP) is 3.30. The molecular weight excluding hydrogens is 250 g/mol. The van der Waals surface area contributed by atoms with Crippen molar-refractivity contribution in [2.24, 2.45) is 0 Å². The van der Waals surface area contributed by atoms with Crippen LogP contribution in [0.15, 0.2) is 42.5 Å². The van der Waals surface area contributed by atoms with Gasteiger partial charge in [-0.3, -0.25) is 0 Å². The maximum Gasteiger partial charge on any atom is 0.125 e. The van der Waals surface area contributed by atoms with Crippen molar-refractivity contribution in [1.29, 1.82) is 0 Å². The monoisotopic (exact) mass is 271 g/mol. The Morgan fingerprint density at radius 2 is 1.95 bits per heavy atom. The summed E-state index contributed by atoms with van der Waals surface area (Å²) in [5.74, 6) is 1.74. The Kier molecular flexibility index (Phi) is 5.02. The molecule has 0 aromatic heterocycles. The average Bonchev–Trinajstić information content (AvgIpc) is 2.46. The third-order valence-corrected chi connectivity index (χ3v) is 3.11. The minimum Gasteiger partial charge on any atom is -0.496 e. The van der Waals surface area contributed by atoms with Gasteiger partial charge in [0.2, 0.25) is 0 Å². The number of aryl methyl sites for hydroxylation is 1. The van der Waals surface area contributed by atoms with E-state index in [2.05, 4.69) is 30.4 Å². The molecule has 0 aliphatic carbocycles. The fraction of sp³-hybridized carbons (Fsp3) is 0.294. The number of methoxy groups -OCH3 is 1. The maximum absolute atomic E-state index is 5.85. The predicted molar refractivity (Wildman–Crippen MR) is 81.3 cm³/mol. The zero-order valence-electron chi connectivity index (χ0n) is 12.3. The van der Waals surface area contributed by atoms with Crippen molar-refractivity contribution in [2.75, 3.05) is 14.2 Å². The SMILES string of the molecule is CNCc1ccc(OC)c(COc2cccc(C)c2)c1. The number of hydrogen-bond acceptors (Lipinski definition) is 3. The van der Waals surface area contributed by atoms with Crippen molar-refractivity contribution in [3.05, 3.63) is 59.2 Å². The van der Waals surface area contributed by atoms with E-state index in [1.807, 2.05) is 31.3 Å². The molecule has 1 N–H and O–H groups in total. The van der Waals surface area contributed by atoms with Gasteiger partial charge < -0.3 is 14.8 Å². The highest BCUT2D eigenvalue weighted by molar-refractivity contribution is 5.37. The van der Waals surface area contributed by atoms with Gasteiger partial charge in [-0.2, -0.15) is 0 Å². The molecule has 0 radical (unpaired) electrons. The summed E-state index contributed by atoms with van der Waals surface area (Å²) >= 11 is 0. The van der Waals surface area contributed by atoms with Crippen LogP contribution >= 0.6 is 0 Å². The number of nitrogens with one attached hydrogen (secondary N) is 1. The molecular formula is C17H21NO2. The van der Waals surface area contributed by atoms with Crippen LogP contribution < -0.4 is 14.8 Å². The third-order valence-electron chi connectivity index (χ3n) is 3.11. The lowest BCUT2D eigenvalue weighted by atomic mass is 10.1. The van der Waals surface area contributed by atoms with Crippen molar-refractivity contribution < 1.29 is 9.47 Å². The summed E-state index contributed by atoms with van der Waals surface area (Å²) in [5, 5.41) is 3.15. The van der Waals surface area contributed by atoms with E-state index >= 15 is 0 Å². The summed E-state index contributed by atoms with van der Waals surface area (Å²) in [4.78, 5) is 0. The van der Waals surface area contributed by atoms with Crippen LogP contribution in [0.1, 0.15) is 16.7 Å². The molecule has 0 aliphatic rings. The summed E-state index contributed by atoms with van der Waals surface area (Å²) in [6.45, 7) is 3.40. The molecule has 20 heavy (non-hydrogen) atoms. The fourth-order valence-electron chi connectivity index (χ4n) is 2.13. The molecule has 0 fully saturated rings. The molecule has 0 heterocycles. The standard InChI is InChI=1S/C17H21NO2/c1-13-5-4-6-16(9-13)20-12-15-10-14(11-18-2)7-8-17(15)19-3/h4-10,18H,11-12H2,1-3H3. The summed E-state index contributed by atoms with van der Waals surface area (Å²) in [6.07, 6.45) is 0. The number of rotatable bonds is 6. The molecule has 0 bridgehead atoms. The zero-order chi connectivity index (χ0) is 14.4. The van der Waals surface area contributed by atoms with Crippen molar-refractivity contribution in [2.45, 2.75) is 20.1 Å². The van der Waals surface area contributed by atoms with Gasteiger partial charge in [0, 0.05) is 12.1 Å². The summed E-state index contributed by atoms with van der Waals surface area (Å²) in [7, 11) is 3.62. The lowest BCUT2D eigenvalue weighted by Crippen LogP contribution is -2.06. The van der Waals surface area contributed by atoms with Crippen LogP contribution in [0.4, 0.5) is 0 Å². The van der Waals surface area contributed by atoms with Gasteiger partial charge in [-0.1, -0.05) is 18.2 Å². The maximum atomic E-state index is 5.85. The van der Waals surface area contributed by atoms with Crippen molar-refractivity contribution in [1.82, 2.24) is 5.32 Å². The molecule has 3 nitrogen and oxygen atoms in total.